The van der Waals surface area contributed by atoms with Gasteiger partial charge in [-0.2, -0.15) is 4.98 Å². The molecule has 0 aliphatic rings. The summed E-state index contributed by atoms with van der Waals surface area (Å²) >= 11 is 5.87. The standard InChI is InChI=1S/C19H17ClN2O3S/c1-13-21-15(12-26(23)18-9-3-14(20)4-10-18)11-19(22-13)25-17-7-5-16(24-2)6-8-17/h3-11H,12H2,1-2H3. The molecule has 5 nitrogen and oxygen atoms in total. The maximum Gasteiger partial charge on any atom is 0.222 e. The van der Waals surface area contributed by atoms with Gasteiger partial charge in [0, 0.05) is 16.0 Å². The van der Waals surface area contributed by atoms with Gasteiger partial charge in [0.2, 0.25) is 5.88 Å². The van der Waals surface area contributed by atoms with Crippen LogP contribution in [0.4, 0.5) is 0 Å². The van der Waals surface area contributed by atoms with Crippen LogP contribution in [0.1, 0.15) is 11.5 Å². The Labute approximate surface area is 159 Å². The summed E-state index contributed by atoms with van der Waals surface area (Å²) in [6, 6.07) is 15.8. The molecular weight excluding hydrogens is 372 g/mol. The fourth-order valence-electron chi connectivity index (χ4n) is 2.29. The monoisotopic (exact) mass is 388 g/mol. The molecule has 1 atom stereocenters. The van der Waals surface area contributed by atoms with Gasteiger partial charge in [-0.15, -0.1) is 0 Å². The molecule has 3 aromatic rings. The number of hydrogen-bond donors (Lipinski definition) is 0. The average Bonchev–Trinajstić information content (AvgIpc) is 2.62. The fourth-order valence-corrected chi connectivity index (χ4v) is 3.44. The summed E-state index contributed by atoms with van der Waals surface area (Å²) in [7, 11) is 0.377. The van der Waals surface area contributed by atoms with Crippen molar-refractivity contribution in [2.45, 2.75) is 17.6 Å². The first kappa shape index (κ1) is 18.4. The molecule has 1 heterocycles. The van der Waals surface area contributed by atoms with E-state index in [4.69, 9.17) is 21.1 Å². The summed E-state index contributed by atoms with van der Waals surface area (Å²) in [6.45, 7) is 1.77. The maximum atomic E-state index is 12.5. The number of rotatable bonds is 6. The molecular formula is C19H17ClN2O3S. The number of methoxy groups -OCH3 is 1. The zero-order valence-corrected chi connectivity index (χ0v) is 15.9. The van der Waals surface area contributed by atoms with Crippen molar-refractivity contribution in [1.82, 2.24) is 9.97 Å². The van der Waals surface area contributed by atoms with Gasteiger partial charge in [0.25, 0.3) is 0 Å². The third kappa shape index (κ3) is 4.80. The molecule has 1 unspecified atom stereocenters. The minimum absolute atomic E-state index is 0.268. The Morgan fingerprint density at radius 2 is 1.65 bits per heavy atom. The van der Waals surface area contributed by atoms with E-state index in [1.54, 1.807) is 68.6 Å². The number of halogens is 1. The lowest BCUT2D eigenvalue weighted by atomic mass is 10.3. The van der Waals surface area contributed by atoms with Crippen molar-refractivity contribution in [3.05, 3.63) is 71.1 Å². The van der Waals surface area contributed by atoms with Crippen LogP contribution in [0.25, 0.3) is 0 Å². The molecule has 134 valence electrons. The molecule has 0 aliphatic carbocycles. The lowest BCUT2D eigenvalue weighted by molar-refractivity contribution is 0.412. The van der Waals surface area contributed by atoms with E-state index < -0.39 is 10.8 Å². The molecule has 0 saturated heterocycles. The van der Waals surface area contributed by atoms with Crippen LogP contribution in [0, 0.1) is 6.92 Å². The van der Waals surface area contributed by atoms with Crippen molar-refractivity contribution in [2.75, 3.05) is 7.11 Å². The second-order valence-corrected chi connectivity index (χ2v) is 7.35. The molecule has 0 fully saturated rings. The Morgan fingerprint density at radius 1 is 1.00 bits per heavy atom. The molecule has 3 rings (SSSR count). The summed E-state index contributed by atoms with van der Waals surface area (Å²) in [6.07, 6.45) is 0. The Balaban J connectivity index is 1.76. The van der Waals surface area contributed by atoms with E-state index in [9.17, 15) is 4.21 Å². The van der Waals surface area contributed by atoms with Crippen LogP contribution >= 0.6 is 11.6 Å². The molecule has 0 saturated carbocycles. The highest BCUT2D eigenvalue weighted by Crippen LogP contribution is 2.24. The van der Waals surface area contributed by atoms with Gasteiger partial charge in [0.05, 0.1) is 29.4 Å². The van der Waals surface area contributed by atoms with Crippen LogP contribution in [0.2, 0.25) is 5.02 Å². The Hall–Kier alpha value is -2.44. The molecule has 1 aromatic heterocycles. The van der Waals surface area contributed by atoms with Crippen molar-refractivity contribution in [1.29, 1.82) is 0 Å². The summed E-state index contributed by atoms with van der Waals surface area (Å²) in [5, 5.41) is 0.610. The quantitative estimate of drug-likeness (QED) is 0.620. The van der Waals surface area contributed by atoms with Crippen molar-refractivity contribution in [2.24, 2.45) is 0 Å². The number of hydrogen-bond acceptors (Lipinski definition) is 5. The van der Waals surface area contributed by atoms with E-state index in [2.05, 4.69) is 9.97 Å². The smallest absolute Gasteiger partial charge is 0.222 e. The number of ether oxygens (including phenoxy) is 2. The second kappa shape index (κ2) is 8.29. The van der Waals surface area contributed by atoms with E-state index >= 15 is 0 Å². The van der Waals surface area contributed by atoms with Crippen molar-refractivity contribution in [3.8, 4) is 17.4 Å². The third-order valence-corrected chi connectivity index (χ3v) is 5.11. The van der Waals surface area contributed by atoms with Crippen molar-refractivity contribution in [3.63, 3.8) is 0 Å². The predicted octanol–water partition coefficient (Wildman–Crippen LogP) is 4.55. The summed E-state index contributed by atoms with van der Waals surface area (Å²) in [5.41, 5.74) is 0.647. The van der Waals surface area contributed by atoms with E-state index in [-0.39, 0.29) is 5.75 Å². The first-order valence-corrected chi connectivity index (χ1v) is 9.53. The van der Waals surface area contributed by atoms with Gasteiger partial charge in [-0.3, -0.25) is 4.21 Å². The number of aryl methyl sites for hydroxylation is 1. The highest BCUT2D eigenvalue weighted by molar-refractivity contribution is 7.84. The number of aromatic nitrogens is 2. The first-order chi connectivity index (χ1) is 12.5. The van der Waals surface area contributed by atoms with Crippen LogP contribution in [-0.4, -0.2) is 21.3 Å². The molecule has 7 heteroatoms. The minimum atomic E-state index is -1.23. The van der Waals surface area contributed by atoms with Crippen molar-refractivity contribution < 1.29 is 13.7 Å². The molecule has 0 N–H and O–H groups in total. The maximum absolute atomic E-state index is 12.5. The van der Waals surface area contributed by atoms with Crippen LogP contribution in [0.5, 0.6) is 17.4 Å². The molecule has 0 bridgehead atoms. The predicted molar refractivity (Wildman–Crippen MR) is 101 cm³/mol. The number of nitrogens with zero attached hydrogens (tertiary/aromatic N) is 2. The zero-order valence-electron chi connectivity index (χ0n) is 14.3. The van der Waals surface area contributed by atoms with Gasteiger partial charge in [0.15, 0.2) is 0 Å². The fraction of sp³-hybridized carbons (Fsp3) is 0.158. The van der Waals surface area contributed by atoms with Gasteiger partial charge in [-0.25, -0.2) is 4.98 Å². The SMILES string of the molecule is COc1ccc(Oc2cc(CS(=O)c3ccc(Cl)cc3)nc(C)n2)cc1. The van der Waals surface area contributed by atoms with Gasteiger partial charge < -0.3 is 9.47 Å². The van der Waals surface area contributed by atoms with Gasteiger partial charge in [0.1, 0.15) is 17.3 Å². The molecule has 0 amide bonds. The third-order valence-electron chi connectivity index (χ3n) is 3.50. The summed E-state index contributed by atoms with van der Waals surface area (Å²) < 4.78 is 23.4. The Bertz CT molecular complexity index is 915. The normalized spacial score (nSPS) is 11.8. The summed E-state index contributed by atoms with van der Waals surface area (Å²) in [4.78, 5) is 9.34. The van der Waals surface area contributed by atoms with Gasteiger partial charge >= 0.3 is 0 Å². The second-order valence-electron chi connectivity index (χ2n) is 5.47. The lowest BCUT2D eigenvalue weighted by Crippen LogP contribution is -2.02. The molecule has 2 aromatic carbocycles. The van der Waals surface area contributed by atoms with E-state index in [1.807, 2.05) is 0 Å². The van der Waals surface area contributed by atoms with Crippen LogP contribution in [0.15, 0.2) is 59.5 Å². The Morgan fingerprint density at radius 3 is 2.31 bits per heavy atom. The van der Waals surface area contributed by atoms with Crippen molar-refractivity contribution >= 4 is 22.4 Å². The van der Waals surface area contributed by atoms with E-state index in [0.717, 1.165) is 5.75 Å². The van der Waals surface area contributed by atoms with Crippen LogP contribution in [0.3, 0.4) is 0 Å². The van der Waals surface area contributed by atoms with Gasteiger partial charge in [-0.1, -0.05) is 11.6 Å². The lowest BCUT2D eigenvalue weighted by Gasteiger charge is -2.09. The average molecular weight is 389 g/mol. The first-order valence-electron chi connectivity index (χ1n) is 7.84. The zero-order chi connectivity index (χ0) is 18.5. The van der Waals surface area contributed by atoms with Crippen LogP contribution < -0.4 is 9.47 Å². The highest BCUT2D eigenvalue weighted by atomic mass is 35.5. The summed E-state index contributed by atoms with van der Waals surface area (Å²) in [5.74, 6) is 2.61. The Kier molecular flexibility index (Phi) is 5.85. The van der Waals surface area contributed by atoms with E-state index in [0.29, 0.717) is 33.1 Å². The molecule has 0 radical (unpaired) electrons. The highest BCUT2D eigenvalue weighted by Gasteiger charge is 2.10. The molecule has 0 aliphatic heterocycles. The largest absolute Gasteiger partial charge is 0.497 e. The minimum Gasteiger partial charge on any atom is -0.497 e. The van der Waals surface area contributed by atoms with Crippen LogP contribution in [-0.2, 0) is 16.6 Å². The topological polar surface area (TPSA) is 61.3 Å². The number of benzene rings is 2. The molecule has 26 heavy (non-hydrogen) atoms. The van der Waals surface area contributed by atoms with E-state index in [1.165, 1.54) is 0 Å². The van der Waals surface area contributed by atoms with Gasteiger partial charge in [-0.05, 0) is 55.5 Å². The molecule has 0 spiro atoms.